The zero-order valence-electron chi connectivity index (χ0n) is 16.7. The minimum absolute atomic E-state index is 0.0525. The van der Waals surface area contributed by atoms with Gasteiger partial charge in [0.2, 0.25) is 5.91 Å². The molecule has 0 unspecified atom stereocenters. The molecule has 1 aromatic carbocycles. The van der Waals surface area contributed by atoms with Crippen LogP contribution >= 0.6 is 11.6 Å². The monoisotopic (exact) mass is 447 g/mol. The second-order valence-electron chi connectivity index (χ2n) is 7.41. The number of anilines is 1. The number of piperazine rings is 1. The predicted octanol–water partition coefficient (Wildman–Crippen LogP) is 2.15. The Kier molecular flexibility index (Phi) is 5.42. The SMILES string of the molecule is Cc1cc(N2CCN(C(=O)Cn3nc(S(C)(=O)=O)c4cccnc43)CC2)ccc1Cl. The normalized spacial score (nSPS) is 15.0. The topological polar surface area (TPSA) is 88.4 Å². The molecule has 0 spiro atoms. The van der Waals surface area contributed by atoms with Crippen molar-refractivity contribution < 1.29 is 13.2 Å². The van der Waals surface area contributed by atoms with Crippen molar-refractivity contribution in [2.45, 2.75) is 18.5 Å². The van der Waals surface area contributed by atoms with Crippen LogP contribution in [0.15, 0.2) is 41.6 Å². The average molecular weight is 448 g/mol. The van der Waals surface area contributed by atoms with Crippen molar-refractivity contribution in [1.29, 1.82) is 0 Å². The number of benzene rings is 1. The van der Waals surface area contributed by atoms with Crippen LogP contribution in [-0.2, 0) is 21.2 Å². The van der Waals surface area contributed by atoms with Crippen LogP contribution in [0.2, 0.25) is 5.02 Å². The van der Waals surface area contributed by atoms with Crippen LogP contribution in [0.5, 0.6) is 0 Å². The van der Waals surface area contributed by atoms with Crippen molar-refractivity contribution in [2.75, 3.05) is 37.3 Å². The van der Waals surface area contributed by atoms with Crippen LogP contribution in [0.4, 0.5) is 5.69 Å². The molecular formula is C20H22ClN5O3S. The van der Waals surface area contributed by atoms with E-state index in [1.165, 1.54) is 4.68 Å². The molecule has 3 aromatic rings. The number of hydrogen-bond acceptors (Lipinski definition) is 6. The number of pyridine rings is 1. The van der Waals surface area contributed by atoms with Gasteiger partial charge in [-0.1, -0.05) is 11.6 Å². The molecule has 158 valence electrons. The summed E-state index contributed by atoms with van der Waals surface area (Å²) in [6.45, 7) is 4.49. The van der Waals surface area contributed by atoms with Gasteiger partial charge in [-0.05, 0) is 42.8 Å². The third kappa shape index (κ3) is 3.99. The number of halogens is 1. The van der Waals surface area contributed by atoms with Gasteiger partial charge < -0.3 is 9.80 Å². The van der Waals surface area contributed by atoms with E-state index >= 15 is 0 Å². The Morgan fingerprint density at radius 3 is 2.57 bits per heavy atom. The molecule has 30 heavy (non-hydrogen) atoms. The van der Waals surface area contributed by atoms with Gasteiger partial charge in [0.25, 0.3) is 0 Å². The van der Waals surface area contributed by atoms with E-state index in [9.17, 15) is 13.2 Å². The molecule has 1 aliphatic rings. The van der Waals surface area contributed by atoms with Gasteiger partial charge in [0, 0.05) is 49.3 Å². The molecule has 1 saturated heterocycles. The number of hydrogen-bond donors (Lipinski definition) is 0. The van der Waals surface area contributed by atoms with Gasteiger partial charge in [0.1, 0.15) is 6.54 Å². The van der Waals surface area contributed by atoms with E-state index in [2.05, 4.69) is 15.0 Å². The van der Waals surface area contributed by atoms with E-state index in [0.717, 1.165) is 22.5 Å². The highest BCUT2D eigenvalue weighted by Crippen LogP contribution is 2.24. The smallest absolute Gasteiger partial charge is 0.244 e. The molecule has 0 N–H and O–H groups in total. The van der Waals surface area contributed by atoms with Crippen molar-refractivity contribution in [3.8, 4) is 0 Å². The Bertz CT molecular complexity index is 1220. The van der Waals surface area contributed by atoms with Gasteiger partial charge in [-0.3, -0.25) is 4.79 Å². The van der Waals surface area contributed by atoms with E-state index < -0.39 is 9.84 Å². The van der Waals surface area contributed by atoms with Crippen LogP contribution in [0, 0.1) is 6.92 Å². The lowest BCUT2D eigenvalue weighted by atomic mass is 10.2. The van der Waals surface area contributed by atoms with Crippen LogP contribution < -0.4 is 4.90 Å². The van der Waals surface area contributed by atoms with Gasteiger partial charge >= 0.3 is 0 Å². The van der Waals surface area contributed by atoms with Gasteiger partial charge in [-0.2, -0.15) is 5.10 Å². The molecule has 0 aliphatic carbocycles. The lowest BCUT2D eigenvalue weighted by Crippen LogP contribution is -2.49. The Balaban J connectivity index is 1.47. The summed E-state index contributed by atoms with van der Waals surface area (Å²) < 4.78 is 25.5. The first-order chi connectivity index (χ1) is 14.2. The van der Waals surface area contributed by atoms with Crippen molar-refractivity contribution in [3.63, 3.8) is 0 Å². The molecule has 4 rings (SSSR count). The van der Waals surface area contributed by atoms with Crippen LogP contribution in [0.3, 0.4) is 0 Å². The second kappa shape index (κ2) is 7.88. The third-order valence-corrected chi connectivity index (χ3v) is 6.68. The van der Waals surface area contributed by atoms with Crippen molar-refractivity contribution in [1.82, 2.24) is 19.7 Å². The van der Waals surface area contributed by atoms with E-state index in [-0.39, 0.29) is 17.5 Å². The Morgan fingerprint density at radius 1 is 1.17 bits per heavy atom. The van der Waals surface area contributed by atoms with Gasteiger partial charge in [-0.25, -0.2) is 18.1 Å². The van der Waals surface area contributed by atoms with Gasteiger partial charge in [0.15, 0.2) is 20.5 Å². The summed E-state index contributed by atoms with van der Waals surface area (Å²) in [4.78, 5) is 21.1. The summed E-state index contributed by atoms with van der Waals surface area (Å²) in [5.74, 6) is -0.114. The number of carbonyl (C=O) groups excluding carboxylic acids is 1. The van der Waals surface area contributed by atoms with Crippen molar-refractivity contribution in [3.05, 3.63) is 47.1 Å². The molecular weight excluding hydrogens is 426 g/mol. The predicted molar refractivity (Wildman–Crippen MR) is 116 cm³/mol. The minimum Gasteiger partial charge on any atom is -0.368 e. The molecule has 2 aromatic heterocycles. The summed E-state index contributed by atoms with van der Waals surface area (Å²) in [5, 5.41) is 5.28. The quantitative estimate of drug-likeness (QED) is 0.608. The number of amides is 1. The van der Waals surface area contributed by atoms with Crippen LogP contribution in [0.1, 0.15) is 5.56 Å². The van der Waals surface area contributed by atoms with E-state index in [1.54, 1.807) is 23.2 Å². The molecule has 0 radical (unpaired) electrons. The number of sulfone groups is 1. The molecule has 10 heteroatoms. The summed E-state index contributed by atoms with van der Waals surface area (Å²) in [5.41, 5.74) is 2.50. The fraction of sp³-hybridized carbons (Fsp3) is 0.350. The molecule has 0 saturated carbocycles. The third-order valence-electron chi connectivity index (χ3n) is 5.25. The molecule has 1 amide bonds. The summed E-state index contributed by atoms with van der Waals surface area (Å²) in [6, 6.07) is 9.23. The number of rotatable bonds is 4. The highest BCUT2D eigenvalue weighted by Gasteiger charge is 2.25. The maximum absolute atomic E-state index is 12.9. The molecule has 1 fully saturated rings. The first-order valence-electron chi connectivity index (χ1n) is 9.54. The molecule has 1 aliphatic heterocycles. The maximum atomic E-state index is 12.9. The van der Waals surface area contributed by atoms with Crippen molar-refractivity contribution >= 4 is 44.1 Å². The largest absolute Gasteiger partial charge is 0.368 e. The molecule has 3 heterocycles. The number of nitrogens with zero attached hydrogens (tertiary/aromatic N) is 5. The summed E-state index contributed by atoms with van der Waals surface area (Å²) in [6.07, 6.45) is 2.66. The first-order valence-corrected chi connectivity index (χ1v) is 11.8. The van der Waals surface area contributed by atoms with E-state index in [1.807, 2.05) is 25.1 Å². The number of aromatic nitrogens is 3. The summed E-state index contributed by atoms with van der Waals surface area (Å²) in [7, 11) is -3.53. The number of aryl methyl sites for hydroxylation is 1. The Hall–Kier alpha value is -2.65. The Labute approximate surface area is 180 Å². The zero-order valence-corrected chi connectivity index (χ0v) is 18.3. The van der Waals surface area contributed by atoms with Crippen molar-refractivity contribution in [2.24, 2.45) is 0 Å². The minimum atomic E-state index is -3.53. The lowest BCUT2D eigenvalue weighted by Gasteiger charge is -2.36. The fourth-order valence-electron chi connectivity index (χ4n) is 3.63. The standard InChI is InChI=1S/C20H22ClN5O3S/c1-14-12-15(5-6-17(14)21)24-8-10-25(11-9-24)18(27)13-26-19-16(4-3-7-22-19)20(23-26)30(2,28)29/h3-7,12H,8-11,13H2,1-2H3. The van der Waals surface area contributed by atoms with Gasteiger partial charge in [-0.15, -0.1) is 0 Å². The zero-order chi connectivity index (χ0) is 21.5. The average Bonchev–Trinajstić information content (AvgIpc) is 3.09. The number of fused-ring (bicyclic) bond motifs is 1. The molecule has 0 bridgehead atoms. The number of carbonyl (C=O) groups is 1. The van der Waals surface area contributed by atoms with Gasteiger partial charge in [0.05, 0.1) is 5.39 Å². The maximum Gasteiger partial charge on any atom is 0.244 e. The fourth-order valence-corrected chi connectivity index (χ4v) is 4.56. The van der Waals surface area contributed by atoms with Crippen LogP contribution in [0.25, 0.3) is 11.0 Å². The lowest BCUT2D eigenvalue weighted by molar-refractivity contribution is -0.132. The highest BCUT2D eigenvalue weighted by atomic mass is 35.5. The highest BCUT2D eigenvalue weighted by molar-refractivity contribution is 7.90. The Morgan fingerprint density at radius 2 is 1.90 bits per heavy atom. The van der Waals surface area contributed by atoms with Crippen LogP contribution in [-0.4, -0.2) is 66.4 Å². The molecule has 8 nitrogen and oxygen atoms in total. The summed E-state index contributed by atoms with van der Waals surface area (Å²) >= 11 is 6.11. The van der Waals surface area contributed by atoms with E-state index in [4.69, 9.17) is 11.6 Å². The molecule has 0 atom stereocenters. The second-order valence-corrected chi connectivity index (χ2v) is 9.75. The first kappa shape index (κ1) is 20.6. The van der Waals surface area contributed by atoms with E-state index in [0.29, 0.717) is 37.2 Å².